The summed E-state index contributed by atoms with van der Waals surface area (Å²) in [7, 11) is 0. The summed E-state index contributed by atoms with van der Waals surface area (Å²) in [5, 5.41) is 3.57. The van der Waals surface area contributed by atoms with Crippen molar-refractivity contribution >= 4 is 11.4 Å². The largest absolute Gasteiger partial charge is 0.399 e. The van der Waals surface area contributed by atoms with Crippen molar-refractivity contribution in [2.75, 3.05) is 17.6 Å². The molecule has 17 heavy (non-hydrogen) atoms. The lowest BCUT2D eigenvalue weighted by atomic mass is 9.80. The van der Waals surface area contributed by atoms with E-state index in [0.717, 1.165) is 24.1 Å². The fourth-order valence-electron chi connectivity index (χ4n) is 2.77. The predicted molar refractivity (Wildman–Crippen MR) is 75.2 cm³/mol. The molecule has 0 radical (unpaired) electrons. The number of benzene rings is 1. The van der Waals surface area contributed by atoms with Crippen LogP contribution in [0.25, 0.3) is 0 Å². The van der Waals surface area contributed by atoms with E-state index in [9.17, 15) is 0 Å². The average Bonchev–Trinajstić information content (AvgIpc) is 2.32. The molecule has 1 fully saturated rings. The van der Waals surface area contributed by atoms with Crippen molar-refractivity contribution in [2.45, 2.75) is 39.5 Å². The maximum atomic E-state index is 5.82. The Bertz CT molecular complexity index is 373. The maximum Gasteiger partial charge on any atom is 0.0390 e. The summed E-state index contributed by atoms with van der Waals surface area (Å²) < 4.78 is 0. The molecule has 0 amide bonds. The molecule has 2 unspecified atom stereocenters. The molecule has 1 aliphatic carbocycles. The Hall–Kier alpha value is -1.18. The minimum Gasteiger partial charge on any atom is -0.399 e. The van der Waals surface area contributed by atoms with E-state index >= 15 is 0 Å². The van der Waals surface area contributed by atoms with Gasteiger partial charge in [-0.2, -0.15) is 0 Å². The standard InChI is InChI=1S/C15H24N2/c1-11-5-3-4-6-13(11)10-17-15-9-14(16)8-7-12(15)2/h7-9,11,13,17H,3-6,10,16H2,1-2H3. The summed E-state index contributed by atoms with van der Waals surface area (Å²) in [6.45, 7) is 5.61. The molecule has 0 bridgehead atoms. The van der Waals surface area contributed by atoms with Crippen LogP contribution >= 0.6 is 0 Å². The van der Waals surface area contributed by atoms with Crippen LogP contribution in [0.4, 0.5) is 11.4 Å². The molecule has 0 saturated heterocycles. The predicted octanol–water partition coefficient (Wildman–Crippen LogP) is 3.82. The number of anilines is 2. The Balaban J connectivity index is 1.94. The Labute approximate surface area is 105 Å². The fraction of sp³-hybridized carbons (Fsp3) is 0.600. The van der Waals surface area contributed by atoms with Gasteiger partial charge < -0.3 is 11.1 Å². The highest BCUT2D eigenvalue weighted by Gasteiger charge is 2.20. The molecule has 3 N–H and O–H groups in total. The van der Waals surface area contributed by atoms with Crippen LogP contribution in [0.1, 0.15) is 38.2 Å². The number of rotatable bonds is 3. The third-order valence-corrected chi connectivity index (χ3v) is 4.11. The quantitative estimate of drug-likeness (QED) is 0.778. The number of nitrogen functional groups attached to an aromatic ring is 1. The van der Waals surface area contributed by atoms with E-state index in [1.54, 1.807) is 0 Å². The van der Waals surface area contributed by atoms with Crippen LogP contribution in [0.3, 0.4) is 0 Å². The lowest BCUT2D eigenvalue weighted by molar-refractivity contribution is 0.268. The summed E-state index contributed by atoms with van der Waals surface area (Å²) in [6, 6.07) is 6.09. The van der Waals surface area contributed by atoms with Crippen LogP contribution in [0.5, 0.6) is 0 Å². The van der Waals surface area contributed by atoms with Crippen LogP contribution in [0.15, 0.2) is 18.2 Å². The van der Waals surface area contributed by atoms with Crippen molar-refractivity contribution in [1.29, 1.82) is 0 Å². The number of hydrogen-bond donors (Lipinski definition) is 2. The monoisotopic (exact) mass is 232 g/mol. The first-order valence-corrected chi connectivity index (χ1v) is 6.77. The van der Waals surface area contributed by atoms with E-state index in [1.807, 2.05) is 12.1 Å². The molecule has 2 heteroatoms. The van der Waals surface area contributed by atoms with Gasteiger partial charge >= 0.3 is 0 Å². The lowest BCUT2D eigenvalue weighted by Crippen LogP contribution is -2.24. The van der Waals surface area contributed by atoms with E-state index in [1.165, 1.54) is 36.9 Å². The van der Waals surface area contributed by atoms with Crippen LogP contribution in [-0.4, -0.2) is 6.54 Å². The molecule has 2 rings (SSSR count). The SMILES string of the molecule is Cc1ccc(N)cc1NCC1CCCCC1C. The average molecular weight is 232 g/mol. The molecule has 0 aromatic heterocycles. The van der Waals surface area contributed by atoms with Crippen molar-refractivity contribution in [3.8, 4) is 0 Å². The third kappa shape index (κ3) is 3.15. The van der Waals surface area contributed by atoms with Crippen molar-refractivity contribution in [3.05, 3.63) is 23.8 Å². The number of aryl methyl sites for hydroxylation is 1. The van der Waals surface area contributed by atoms with E-state index < -0.39 is 0 Å². The van der Waals surface area contributed by atoms with E-state index in [4.69, 9.17) is 5.73 Å². The Morgan fingerprint density at radius 3 is 2.82 bits per heavy atom. The molecular weight excluding hydrogens is 208 g/mol. The minimum atomic E-state index is 0.824. The van der Waals surface area contributed by atoms with E-state index in [-0.39, 0.29) is 0 Å². The zero-order valence-corrected chi connectivity index (χ0v) is 11.0. The van der Waals surface area contributed by atoms with Crippen LogP contribution in [-0.2, 0) is 0 Å². The van der Waals surface area contributed by atoms with Crippen molar-refractivity contribution in [1.82, 2.24) is 0 Å². The molecule has 2 nitrogen and oxygen atoms in total. The minimum absolute atomic E-state index is 0.824. The van der Waals surface area contributed by atoms with Gasteiger partial charge in [0.05, 0.1) is 0 Å². The fourth-order valence-corrected chi connectivity index (χ4v) is 2.77. The molecule has 2 atom stereocenters. The molecule has 1 saturated carbocycles. The smallest absolute Gasteiger partial charge is 0.0390 e. The molecule has 1 aliphatic rings. The highest BCUT2D eigenvalue weighted by atomic mass is 14.9. The normalized spacial score (nSPS) is 24.6. The Kier molecular flexibility index (Phi) is 3.93. The number of nitrogens with two attached hydrogens (primary N) is 1. The molecule has 1 aromatic carbocycles. The van der Waals surface area contributed by atoms with Gasteiger partial charge in [0.25, 0.3) is 0 Å². The second-order valence-corrected chi connectivity index (χ2v) is 5.48. The maximum absolute atomic E-state index is 5.82. The first kappa shape index (κ1) is 12.3. The first-order chi connectivity index (χ1) is 8.16. The van der Waals surface area contributed by atoms with E-state index in [2.05, 4.69) is 25.2 Å². The zero-order valence-electron chi connectivity index (χ0n) is 11.0. The third-order valence-electron chi connectivity index (χ3n) is 4.11. The van der Waals surface area contributed by atoms with Gasteiger partial charge in [0.2, 0.25) is 0 Å². The summed E-state index contributed by atoms with van der Waals surface area (Å²) in [6.07, 6.45) is 5.57. The molecule has 0 aliphatic heterocycles. The summed E-state index contributed by atoms with van der Waals surface area (Å²) in [5.74, 6) is 1.68. The first-order valence-electron chi connectivity index (χ1n) is 6.77. The highest BCUT2D eigenvalue weighted by molar-refractivity contribution is 5.59. The number of nitrogens with one attached hydrogen (secondary N) is 1. The topological polar surface area (TPSA) is 38.0 Å². The van der Waals surface area contributed by atoms with Gasteiger partial charge in [-0.1, -0.05) is 32.3 Å². The van der Waals surface area contributed by atoms with Crippen molar-refractivity contribution in [2.24, 2.45) is 11.8 Å². The van der Waals surface area contributed by atoms with Gasteiger partial charge in [0, 0.05) is 17.9 Å². The second-order valence-electron chi connectivity index (χ2n) is 5.48. The number of hydrogen-bond acceptors (Lipinski definition) is 2. The summed E-state index contributed by atoms with van der Waals surface area (Å²) in [5.41, 5.74) is 9.14. The second kappa shape index (κ2) is 5.44. The molecule has 94 valence electrons. The van der Waals surface area contributed by atoms with Gasteiger partial charge in [-0.3, -0.25) is 0 Å². The Morgan fingerprint density at radius 2 is 2.06 bits per heavy atom. The van der Waals surface area contributed by atoms with Crippen LogP contribution in [0, 0.1) is 18.8 Å². The van der Waals surface area contributed by atoms with Gasteiger partial charge in [0.15, 0.2) is 0 Å². The van der Waals surface area contributed by atoms with E-state index in [0.29, 0.717) is 0 Å². The van der Waals surface area contributed by atoms with Crippen molar-refractivity contribution in [3.63, 3.8) is 0 Å². The summed E-state index contributed by atoms with van der Waals surface area (Å²) >= 11 is 0. The molecule has 0 heterocycles. The van der Waals surface area contributed by atoms with Crippen LogP contribution in [0.2, 0.25) is 0 Å². The van der Waals surface area contributed by atoms with Crippen LogP contribution < -0.4 is 11.1 Å². The zero-order chi connectivity index (χ0) is 12.3. The molecular formula is C15H24N2. The van der Waals surface area contributed by atoms with Gasteiger partial charge in [0.1, 0.15) is 0 Å². The Morgan fingerprint density at radius 1 is 1.29 bits per heavy atom. The highest BCUT2D eigenvalue weighted by Crippen LogP contribution is 2.30. The molecule has 1 aromatic rings. The van der Waals surface area contributed by atoms with Crippen molar-refractivity contribution < 1.29 is 0 Å². The van der Waals surface area contributed by atoms with Gasteiger partial charge in [-0.05, 0) is 42.9 Å². The molecule has 0 spiro atoms. The summed E-state index contributed by atoms with van der Waals surface area (Å²) in [4.78, 5) is 0. The lowest BCUT2D eigenvalue weighted by Gasteiger charge is -2.29. The van der Waals surface area contributed by atoms with Gasteiger partial charge in [-0.15, -0.1) is 0 Å². The van der Waals surface area contributed by atoms with Gasteiger partial charge in [-0.25, -0.2) is 0 Å².